The van der Waals surface area contributed by atoms with Crippen LogP contribution in [-0.2, 0) is 6.54 Å². The van der Waals surface area contributed by atoms with Gasteiger partial charge in [0, 0.05) is 17.0 Å². The highest BCUT2D eigenvalue weighted by Crippen LogP contribution is 2.12. The summed E-state index contributed by atoms with van der Waals surface area (Å²) in [6.45, 7) is 0.317. The van der Waals surface area contributed by atoms with Crippen LogP contribution in [0.25, 0.3) is 10.8 Å². The molecule has 3 N–H and O–H groups in total. The summed E-state index contributed by atoms with van der Waals surface area (Å²) in [7, 11) is 0. The van der Waals surface area contributed by atoms with Crippen molar-refractivity contribution in [2.45, 2.75) is 6.54 Å². The maximum Gasteiger partial charge on any atom is 0.294 e. The topological polar surface area (TPSA) is 90.0 Å². The van der Waals surface area contributed by atoms with E-state index in [0.29, 0.717) is 17.6 Å². The molecular weight excluding hydrogens is 288 g/mol. The van der Waals surface area contributed by atoms with Crippen LogP contribution in [0.4, 0.5) is 0 Å². The number of pyridine rings is 1. The Balaban J connectivity index is 1.95. The summed E-state index contributed by atoms with van der Waals surface area (Å²) in [5.74, 6) is 4.63. The first kappa shape index (κ1) is 13.5. The van der Waals surface area contributed by atoms with Crippen molar-refractivity contribution in [2.75, 3.05) is 0 Å². The Labute approximate surface area is 123 Å². The van der Waals surface area contributed by atoms with E-state index in [0.717, 1.165) is 5.39 Å². The molecule has 0 unspecified atom stereocenters. The van der Waals surface area contributed by atoms with Gasteiger partial charge in [-0.15, -0.1) is 11.3 Å². The minimum atomic E-state index is -0.433. The summed E-state index contributed by atoms with van der Waals surface area (Å²) >= 11 is 1.19. The van der Waals surface area contributed by atoms with E-state index in [2.05, 4.69) is 4.98 Å². The van der Waals surface area contributed by atoms with Crippen LogP contribution in [0.3, 0.4) is 0 Å². The number of amides is 1. The first-order valence-electron chi connectivity index (χ1n) is 6.22. The predicted molar refractivity (Wildman–Crippen MR) is 81.1 cm³/mol. The van der Waals surface area contributed by atoms with Gasteiger partial charge in [-0.3, -0.25) is 15.0 Å². The largest absolute Gasteiger partial charge is 0.309 e. The van der Waals surface area contributed by atoms with Crippen molar-refractivity contribution in [2.24, 2.45) is 5.84 Å². The van der Waals surface area contributed by atoms with E-state index in [1.54, 1.807) is 22.2 Å². The number of thiazole rings is 1. The normalized spacial score (nSPS) is 10.7. The van der Waals surface area contributed by atoms with Gasteiger partial charge in [-0.2, -0.15) is 0 Å². The Kier molecular flexibility index (Phi) is 3.51. The number of nitrogens with two attached hydrogens (primary N) is 1. The standard InChI is InChI=1S/C14H12N4O2S/c15-17-12(19)13-16-10(8-21-13)7-18-6-5-9-3-1-2-4-11(9)14(18)20/h1-6,8H,7,15H2,(H,17,19). The van der Waals surface area contributed by atoms with Crippen LogP contribution in [0.15, 0.2) is 46.7 Å². The van der Waals surface area contributed by atoms with E-state index in [9.17, 15) is 9.59 Å². The molecule has 0 aliphatic rings. The SMILES string of the molecule is NNC(=O)c1nc(Cn2ccc3ccccc3c2=O)cs1. The number of hydrogen-bond acceptors (Lipinski definition) is 5. The predicted octanol–water partition coefficient (Wildman–Crippen LogP) is 1.11. The summed E-state index contributed by atoms with van der Waals surface area (Å²) in [5, 5.41) is 3.59. The molecule has 3 aromatic rings. The maximum atomic E-state index is 12.4. The number of fused-ring (bicyclic) bond motifs is 1. The third kappa shape index (κ3) is 2.56. The smallest absolute Gasteiger partial charge is 0.294 e. The summed E-state index contributed by atoms with van der Waals surface area (Å²) in [6, 6.07) is 9.30. The molecule has 0 saturated heterocycles. The minimum absolute atomic E-state index is 0.0778. The first-order chi connectivity index (χ1) is 10.2. The van der Waals surface area contributed by atoms with Crippen molar-refractivity contribution in [3.8, 4) is 0 Å². The first-order valence-corrected chi connectivity index (χ1v) is 7.10. The Morgan fingerprint density at radius 2 is 2.14 bits per heavy atom. The lowest BCUT2D eigenvalue weighted by Gasteiger charge is -2.05. The van der Waals surface area contributed by atoms with Crippen LogP contribution >= 0.6 is 11.3 Å². The van der Waals surface area contributed by atoms with Gasteiger partial charge >= 0.3 is 0 Å². The fourth-order valence-electron chi connectivity index (χ4n) is 2.07. The van der Waals surface area contributed by atoms with Crippen LogP contribution < -0.4 is 16.8 Å². The molecule has 106 valence electrons. The van der Waals surface area contributed by atoms with Crippen molar-refractivity contribution in [3.63, 3.8) is 0 Å². The summed E-state index contributed by atoms with van der Waals surface area (Å²) < 4.78 is 1.57. The molecule has 7 heteroatoms. The average molecular weight is 300 g/mol. The van der Waals surface area contributed by atoms with Crippen molar-refractivity contribution in [1.82, 2.24) is 15.0 Å². The number of carbonyl (C=O) groups excluding carboxylic acids is 1. The Morgan fingerprint density at radius 3 is 2.95 bits per heavy atom. The van der Waals surface area contributed by atoms with E-state index in [1.807, 2.05) is 29.7 Å². The lowest BCUT2D eigenvalue weighted by molar-refractivity contribution is 0.0953. The molecule has 0 fully saturated rings. The zero-order valence-corrected chi connectivity index (χ0v) is 11.8. The molecule has 2 aromatic heterocycles. The van der Waals surface area contributed by atoms with Gasteiger partial charge in [0.05, 0.1) is 12.2 Å². The highest BCUT2D eigenvalue weighted by Gasteiger charge is 2.10. The summed E-state index contributed by atoms with van der Waals surface area (Å²) in [4.78, 5) is 27.9. The third-order valence-corrected chi connectivity index (χ3v) is 3.99. The van der Waals surface area contributed by atoms with Gasteiger partial charge < -0.3 is 4.57 Å². The second kappa shape index (κ2) is 5.47. The number of carbonyl (C=O) groups is 1. The number of nitrogens with one attached hydrogen (secondary N) is 1. The fraction of sp³-hybridized carbons (Fsp3) is 0.0714. The van der Waals surface area contributed by atoms with E-state index in [1.165, 1.54) is 11.3 Å². The van der Waals surface area contributed by atoms with Gasteiger partial charge in [0.1, 0.15) is 0 Å². The lowest BCUT2D eigenvalue weighted by Crippen LogP contribution is -2.29. The van der Waals surface area contributed by atoms with E-state index in [4.69, 9.17) is 5.84 Å². The van der Waals surface area contributed by atoms with Crippen molar-refractivity contribution in [1.29, 1.82) is 0 Å². The molecule has 0 radical (unpaired) electrons. The second-order valence-electron chi connectivity index (χ2n) is 4.45. The quantitative estimate of drug-likeness (QED) is 0.431. The van der Waals surface area contributed by atoms with Crippen LogP contribution in [-0.4, -0.2) is 15.5 Å². The van der Waals surface area contributed by atoms with Crippen LogP contribution in [0, 0.1) is 0 Å². The number of benzene rings is 1. The van der Waals surface area contributed by atoms with Gasteiger partial charge in [0.2, 0.25) is 0 Å². The van der Waals surface area contributed by atoms with Gasteiger partial charge in [-0.05, 0) is 17.5 Å². The van der Waals surface area contributed by atoms with E-state index in [-0.39, 0.29) is 10.6 Å². The Bertz CT molecular complexity index is 869. The molecule has 2 heterocycles. The molecular formula is C14H12N4O2S. The maximum absolute atomic E-state index is 12.4. The molecule has 0 bridgehead atoms. The van der Waals surface area contributed by atoms with Crippen molar-refractivity contribution < 1.29 is 4.79 Å². The van der Waals surface area contributed by atoms with Gasteiger partial charge in [0.15, 0.2) is 5.01 Å². The number of nitrogens with zero attached hydrogens (tertiary/aromatic N) is 2. The van der Waals surface area contributed by atoms with E-state index >= 15 is 0 Å². The highest BCUT2D eigenvalue weighted by atomic mass is 32.1. The molecule has 0 aliphatic heterocycles. The molecule has 21 heavy (non-hydrogen) atoms. The molecule has 0 aliphatic carbocycles. The molecule has 1 amide bonds. The monoisotopic (exact) mass is 300 g/mol. The molecule has 0 atom stereocenters. The molecule has 0 saturated carbocycles. The minimum Gasteiger partial charge on any atom is -0.309 e. The lowest BCUT2D eigenvalue weighted by atomic mass is 10.2. The second-order valence-corrected chi connectivity index (χ2v) is 5.31. The van der Waals surface area contributed by atoms with Crippen LogP contribution in [0.2, 0.25) is 0 Å². The summed E-state index contributed by atoms with van der Waals surface area (Å²) in [5.41, 5.74) is 2.61. The number of nitrogen functional groups attached to an aromatic ring is 1. The van der Waals surface area contributed by atoms with Gasteiger partial charge in [-0.25, -0.2) is 10.8 Å². The molecule has 3 rings (SSSR count). The fourth-order valence-corrected chi connectivity index (χ4v) is 2.79. The van der Waals surface area contributed by atoms with Gasteiger partial charge in [-0.1, -0.05) is 18.2 Å². The summed E-state index contributed by atoms with van der Waals surface area (Å²) in [6.07, 6.45) is 1.73. The van der Waals surface area contributed by atoms with Crippen LogP contribution in [0.5, 0.6) is 0 Å². The number of rotatable bonds is 3. The van der Waals surface area contributed by atoms with Crippen molar-refractivity contribution in [3.05, 3.63) is 63.0 Å². The zero-order chi connectivity index (χ0) is 14.8. The highest BCUT2D eigenvalue weighted by molar-refractivity contribution is 7.11. The third-order valence-electron chi connectivity index (χ3n) is 3.10. The van der Waals surface area contributed by atoms with Crippen LogP contribution in [0.1, 0.15) is 15.5 Å². The number of aromatic nitrogens is 2. The number of hydrazine groups is 1. The molecule has 0 spiro atoms. The molecule has 6 nitrogen and oxygen atoms in total. The molecule has 1 aromatic carbocycles. The van der Waals surface area contributed by atoms with Crippen molar-refractivity contribution >= 4 is 28.0 Å². The Hall–Kier alpha value is -2.51. The van der Waals surface area contributed by atoms with Gasteiger partial charge in [0.25, 0.3) is 11.5 Å². The number of hydrogen-bond donors (Lipinski definition) is 2. The van der Waals surface area contributed by atoms with E-state index < -0.39 is 5.91 Å². The zero-order valence-electron chi connectivity index (χ0n) is 10.9. The average Bonchev–Trinajstić information content (AvgIpc) is 2.98. The Morgan fingerprint density at radius 1 is 1.33 bits per heavy atom.